The molecule has 0 atom stereocenters. The predicted molar refractivity (Wildman–Crippen MR) is 71.2 cm³/mol. The molecule has 102 valence electrons. The molecule has 2 aromatic rings. The van der Waals surface area contributed by atoms with E-state index in [9.17, 15) is 12.8 Å². The van der Waals surface area contributed by atoms with Crippen molar-refractivity contribution in [1.82, 2.24) is 9.97 Å². The van der Waals surface area contributed by atoms with Crippen molar-refractivity contribution < 1.29 is 12.8 Å². The number of sulfone groups is 1. The molecule has 0 unspecified atom stereocenters. The third-order valence-electron chi connectivity index (χ3n) is 2.98. The number of benzene rings is 1. The van der Waals surface area contributed by atoms with E-state index in [0.717, 1.165) is 6.07 Å². The molecule has 0 aliphatic carbocycles. The Morgan fingerprint density at radius 3 is 2.37 bits per heavy atom. The van der Waals surface area contributed by atoms with E-state index in [4.69, 9.17) is 0 Å². The van der Waals surface area contributed by atoms with Gasteiger partial charge in [-0.3, -0.25) is 0 Å². The van der Waals surface area contributed by atoms with Crippen molar-refractivity contribution in [2.24, 2.45) is 0 Å². The monoisotopic (exact) mass is 282 g/mol. The zero-order chi connectivity index (χ0) is 14.4. The van der Waals surface area contributed by atoms with Crippen molar-refractivity contribution in [2.75, 3.05) is 0 Å². The summed E-state index contributed by atoms with van der Waals surface area (Å²) >= 11 is 0. The van der Waals surface area contributed by atoms with Crippen molar-refractivity contribution in [2.45, 2.75) is 37.3 Å². The minimum absolute atomic E-state index is 0.301. The van der Waals surface area contributed by atoms with Crippen molar-refractivity contribution in [3.8, 4) is 0 Å². The van der Waals surface area contributed by atoms with Gasteiger partial charge in [-0.1, -0.05) is 0 Å². The summed E-state index contributed by atoms with van der Waals surface area (Å²) in [5, 5.41) is 0.548. The van der Waals surface area contributed by atoms with Gasteiger partial charge in [-0.05, 0) is 33.8 Å². The molecule has 0 amide bonds. The first-order valence-electron chi connectivity index (χ1n) is 5.80. The Labute approximate surface area is 111 Å². The van der Waals surface area contributed by atoms with Crippen LogP contribution in [0.3, 0.4) is 0 Å². The molecule has 4 nitrogen and oxygen atoms in total. The lowest BCUT2D eigenvalue weighted by molar-refractivity contribution is 0.542. The van der Waals surface area contributed by atoms with E-state index in [-0.39, 0.29) is 4.90 Å². The average molecular weight is 282 g/mol. The van der Waals surface area contributed by atoms with Crippen molar-refractivity contribution in [1.29, 1.82) is 0 Å². The van der Waals surface area contributed by atoms with E-state index < -0.39 is 20.4 Å². The first-order valence-corrected chi connectivity index (χ1v) is 7.28. The van der Waals surface area contributed by atoms with E-state index in [1.807, 2.05) is 0 Å². The summed E-state index contributed by atoms with van der Waals surface area (Å²) in [6.07, 6.45) is 1.33. The number of nitrogens with zero attached hydrogens (tertiary/aromatic N) is 2. The summed E-state index contributed by atoms with van der Waals surface area (Å²) in [6.45, 7) is 6.36. The largest absolute Gasteiger partial charge is 0.241 e. The maximum Gasteiger partial charge on any atom is 0.186 e. The van der Waals surface area contributed by atoms with Crippen molar-refractivity contribution >= 4 is 20.7 Å². The molecule has 19 heavy (non-hydrogen) atoms. The molecule has 0 radical (unpaired) electrons. The standard InChI is InChI=1S/C13H15FN2O2S/c1-8-9-5-12(19(17,18)13(2,3)4)10(14)6-11(9)16-7-15-8/h5-7H,1-4H3. The quantitative estimate of drug-likeness (QED) is 0.806. The van der Waals surface area contributed by atoms with Gasteiger partial charge in [-0.25, -0.2) is 22.8 Å². The number of fused-ring (bicyclic) bond motifs is 1. The summed E-state index contributed by atoms with van der Waals surface area (Å²) < 4.78 is 37.7. The summed E-state index contributed by atoms with van der Waals surface area (Å²) in [4.78, 5) is 7.64. The molecule has 0 aliphatic heterocycles. The lowest BCUT2D eigenvalue weighted by Crippen LogP contribution is -2.28. The molecular weight excluding hydrogens is 267 g/mol. The van der Waals surface area contributed by atoms with Crippen molar-refractivity contribution in [3.63, 3.8) is 0 Å². The van der Waals surface area contributed by atoms with E-state index in [1.54, 1.807) is 27.7 Å². The van der Waals surface area contributed by atoms with Crippen LogP contribution in [0.25, 0.3) is 10.9 Å². The molecule has 0 bridgehead atoms. The van der Waals surface area contributed by atoms with Gasteiger partial charge in [0.25, 0.3) is 0 Å². The second-order valence-electron chi connectivity index (χ2n) is 5.37. The highest BCUT2D eigenvalue weighted by Crippen LogP contribution is 2.30. The fourth-order valence-corrected chi connectivity index (χ4v) is 2.97. The molecule has 0 saturated heterocycles. The Morgan fingerprint density at radius 1 is 1.16 bits per heavy atom. The van der Waals surface area contributed by atoms with Crippen LogP contribution in [0.4, 0.5) is 4.39 Å². The Balaban J connectivity index is 2.83. The molecule has 0 aliphatic rings. The number of halogens is 1. The van der Waals surface area contributed by atoms with Gasteiger partial charge in [0.1, 0.15) is 17.0 Å². The first-order chi connectivity index (χ1) is 8.64. The smallest absolute Gasteiger partial charge is 0.186 e. The van der Waals surface area contributed by atoms with Gasteiger partial charge in [0.15, 0.2) is 9.84 Å². The maximum absolute atomic E-state index is 14.0. The third-order valence-corrected chi connectivity index (χ3v) is 5.49. The van der Waals surface area contributed by atoms with Gasteiger partial charge >= 0.3 is 0 Å². The molecule has 1 aromatic heterocycles. The zero-order valence-corrected chi connectivity index (χ0v) is 12.0. The number of hydrogen-bond donors (Lipinski definition) is 0. The highest BCUT2D eigenvalue weighted by Gasteiger charge is 2.33. The minimum Gasteiger partial charge on any atom is -0.241 e. The van der Waals surface area contributed by atoms with E-state index in [2.05, 4.69) is 9.97 Å². The minimum atomic E-state index is -3.75. The Kier molecular flexibility index (Phi) is 3.09. The third kappa shape index (κ3) is 2.20. The van der Waals surface area contributed by atoms with Gasteiger partial charge in [0.2, 0.25) is 0 Å². The summed E-state index contributed by atoms with van der Waals surface area (Å²) in [6, 6.07) is 2.46. The van der Waals surface area contributed by atoms with Crippen LogP contribution in [-0.4, -0.2) is 23.1 Å². The zero-order valence-electron chi connectivity index (χ0n) is 11.2. The van der Waals surface area contributed by atoms with E-state index in [0.29, 0.717) is 16.6 Å². The van der Waals surface area contributed by atoms with Gasteiger partial charge in [0, 0.05) is 17.1 Å². The van der Waals surface area contributed by atoms with Crippen LogP contribution in [-0.2, 0) is 9.84 Å². The van der Waals surface area contributed by atoms with Crippen LogP contribution in [0.2, 0.25) is 0 Å². The van der Waals surface area contributed by atoms with Crippen LogP contribution >= 0.6 is 0 Å². The number of aryl methyl sites for hydroxylation is 1. The fraction of sp³-hybridized carbons (Fsp3) is 0.385. The highest BCUT2D eigenvalue weighted by molar-refractivity contribution is 7.92. The molecule has 0 spiro atoms. The molecular formula is C13H15FN2O2S. The SMILES string of the molecule is Cc1ncnc2cc(F)c(S(=O)(=O)C(C)(C)C)cc12. The molecule has 1 aromatic carbocycles. The fourth-order valence-electron chi connectivity index (χ4n) is 1.72. The number of aromatic nitrogens is 2. The maximum atomic E-state index is 14.0. The van der Waals surface area contributed by atoms with Crippen LogP contribution in [0.15, 0.2) is 23.4 Å². The van der Waals surface area contributed by atoms with Crippen molar-refractivity contribution in [3.05, 3.63) is 30.0 Å². The van der Waals surface area contributed by atoms with Crippen LogP contribution in [0.1, 0.15) is 26.5 Å². The lowest BCUT2D eigenvalue weighted by atomic mass is 10.2. The normalized spacial score (nSPS) is 12.9. The first kappa shape index (κ1) is 13.9. The molecule has 0 N–H and O–H groups in total. The van der Waals surface area contributed by atoms with Crippen LogP contribution in [0, 0.1) is 12.7 Å². The number of rotatable bonds is 1. The van der Waals surface area contributed by atoms with Crippen LogP contribution in [0.5, 0.6) is 0 Å². The summed E-state index contributed by atoms with van der Waals surface area (Å²) in [7, 11) is -3.75. The Hall–Kier alpha value is -1.56. The predicted octanol–water partition coefficient (Wildman–Crippen LogP) is 2.65. The topological polar surface area (TPSA) is 59.9 Å². The molecule has 0 saturated carbocycles. The molecule has 1 heterocycles. The van der Waals surface area contributed by atoms with Gasteiger partial charge in [-0.2, -0.15) is 0 Å². The Morgan fingerprint density at radius 2 is 1.79 bits per heavy atom. The van der Waals surface area contributed by atoms with Gasteiger partial charge < -0.3 is 0 Å². The van der Waals surface area contributed by atoms with Gasteiger partial charge in [0.05, 0.1) is 10.3 Å². The van der Waals surface area contributed by atoms with Gasteiger partial charge in [-0.15, -0.1) is 0 Å². The number of hydrogen-bond acceptors (Lipinski definition) is 4. The average Bonchev–Trinajstić information content (AvgIpc) is 2.26. The van der Waals surface area contributed by atoms with E-state index >= 15 is 0 Å². The van der Waals surface area contributed by atoms with E-state index in [1.165, 1.54) is 12.4 Å². The summed E-state index contributed by atoms with van der Waals surface area (Å²) in [5.41, 5.74) is 1.02. The highest BCUT2D eigenvalue weighted by atomic mass is 32.2. The lowest BCUT2D eigenvalue weighted by Gasteiger charge is -2.20. The second kappa shape index (κ2) is 4.23. The summed E-state index contributed by atoms with van der Waals surface area (Å²) in [5.74, 6) is -0.777. The molecule has 6 heteroatoms. The molecule has 0 fully saturated rings. The second-order valence-corrected chi connectivity index (χ2v) is 8.05. The van der Waals surface area contributed by atoms with Crippen LogP contribution < -0.4 is 0 Å². The molecule has 2 rings (SSSR count). The Bertz CT molecular complexity index is 749.